The van der Waals surface area contributed by atoms with Crippen molar-refractivity contribution in [3.05, 3.63) is 28.9 Å². The standard InChI is InChI=1S/C14H17BrN4/c1-18-14(16)11(9-17-18)10-4-5-13(12(15)8-10)19-6-2-3-7-19/h4-5,8-9H,2-3,6-7,16H2,1H3. The van der Waals surface area contributed by atoms with Crippen molar-refractivity contribution in [2.45, 2.75) is 12.8 Å². The molecule has 0 radical (unpaired) electrons. The number of nitrogen functional groups attached to an aromatic ring is 1. The fraction of sp³-hybridized carbons (Fsp3) is 0.357. The van der Waals surface area contributed by atoms with Crippen LogP contribution in [0.1, 0.15) is 12.8 Å². The Morgan fingerprint density at radius 2 is 2.00 bits per heavy atom. The topological polar surface area (TPSA) is 47.1 Å². The fourth-order valence-corrected chi connectivity index (χ4v) is 3.19. The molecule has 2 N–H and O–H groups in total. The second-order valence-electron chi connectivity index (χ2n) is 4.93. The van der Waals surface area contributed by atoms with Crippen molar-refractivity contribution in [2.24, 2.45) is 7.05 Å². The second kappa shape index (κ2) is 4.89. The number of rotatable bonds is 2. The Hall–Kier alpha value is -1.49. The first-order valence-electron chi connectivity index (χ1n) is 6.49. The zero-order valence-electron chi connectivity index (χ0n) is 10.9. The highest BCUT2D eigenvalue weighted by atomic mass is 79.9. The van der Waals surface area contributed by atoms with E-state index in [-0.39, 0.29) is 0 Å². The Morgan fingerprint density at radius 1 is 1.26 bits per heavy atom. The van der Waals surface area contributed by atoms with E-state index in [4.69, 9.17) is 5.73 Å². The van der Waals surface area contributed by atoms with Gasteiger partial charge in [-0.1, -0.05) is 6.07 Å². The van der Waals surface area contributed by atoms with E-state index in [2.05, 4.69) is 44.1 Å². The first-order valence-corrected chi connectivity index (χ1v) is 7.28. The highest BCUT2D eigenvalue weighted by Crippen LogP contribution is 2.34. The Kier molecular flexibility index (Phi) is 3.22. The maximum Gasteiger partial charge on any atom is 0.129 e. The quantitative estimate of drug-likeness (QED) is 0.925. The lowest BCUT2D eigenvalue weighted by atomic mass is 10.1. The Labute approximate surface area is 121 Å². The molecule has 0 saturated carbocycles. The van der Waals surface area contributed by atoms with E-state index in [1.165, 1.54) is 18.5 Å². The number of nitrogens with zero attached hydrogens (tertiary/aromatic N) is 3. The number of nitrogens with two attached hydrogens (primary N) is 1. The summed E-state index contributed by atoms with van der Waals surface area (Å²) in [7, 11) is 1.85. The summed E-state index contributed by atoms with van der Waals surface area (Å²) < 4.78 is 2.81. The zero-order chi connectivity index (χ0) is 13.4. The van der Waals surface area contributed by atoms with Gasteiger partial charge in [-0.25, -0.2) is 0 Å². The van der Waals surface area contributed by atoms with Crippen LogP contribution < -0.4 is 10.6 Å². The minimum absolute atomic E-state index is 0.695. The van der Waals surface area contributed by atoms with Crippen LogP contribution >= 0.6 is 15.9 Å². The molecule has 2 aromatic rings. The number of aromatic nitrogens is 2. The van der Waals surface area contributed by atoms with Crippen LogP contribution in [-0.4, -0.2) is 22.9 Å². The lowest BCUT2D eigenvalue weighted by Gasteiger charge is -2.19. The molecule has 0 spiro atoms. The van der Waals surface area contributed by atoms with Gasteiger partial charge in [-0.15, -0.1) is 0 Å². The number of halogens is 1. The lowest BCUT2D eigenvalue weighted by Crippen LogP contribution is -2.17. The molecule has 19 heavy (non-hydrogen) atoms. The average molecular weight is 321 g/mol. The van der Waals surface area contributed by atoms with E-state index < -0.39 is 0 Å². The third kappa shape index (κ3) is 2.23. The molecule has 1 aliphatic rings. The molecule has 1 fully saturated rings. The second-order valence-corrected chi connectivity index (χ2v) is 5.78. The molecule has 0 unspecified atom stereocenters. The average Bonchev–Trinajstić information content (AvgIpc) is 3.01. The van der Waals surface area contributed by atoms with Gasteiger partial charge in [0.1, 0.15) is 5.82 Å². The van der Waals surface area contributed by atoms with Gasteiger partial charge in [0, 0.05) is 30.2 Å². The summed E-state index contributed by atoms with van der Waals surface area (Å²) in [5.41, 5.74) is 9.37. The molecule has 1 saturated heterocycles. The monoisotopic (exact) mass is 320 g/mol. The summed E-state index contributed by atoms with van der Waals surface area (Å²) in [4.78, 5) is 2.42. The van der Waals surface area contributed by atoms with E-state index in [9.17, 15) is 0 Å². The summed E-state index contributed by atoms with van der Waals surface area (Å²) >= 11 is 3.68. The van der Waals surface area contributed by atoms with E-state index in [0.29, 0.717) is 5.82 Å². The minimum atomic E-state index is 0.695. The van der Waals surface area contributed by atoms with Crippen LogP contribution in [0.3, 0.4) is 0 Å². The summed E-state index contributed by atoms with van der Waals surface area (Å²) in [6, 6.07) is 6.41. The smallest absolute Gasteiger partial charge is 0.129 e. The Morgan fingerprint density at radius 3 is 2.58 bits per heavy atom. The highest BCUT2D eigenvalue weighted by Gasteiger charge is 2.16. The molecule has 1 aromatic heterocycles. The van der Waals surface area contributed by atoms with Gasteiger partial charge < -0.3 is 10.6 Å². The largest absolute Gasteiger partial charge is 0.383 e. The first kappa shape index (κ1) is 12.5. The lowest BCUT2D eigenvalue weighted by molar-refractivity contribution is 0.779. The van der Waals surface area contributed by atoms with Gasteiger partial charge in [-0.2, -0.15) is 5.10 Å². The van der Waals surface area contributed by atoms with Gasteiger partial charge in [0.05, 0.1) is 11.9 Å². The van der Waals surface area contributed by atoms with E-state index in [1.54, 1.807) is 4.68 Å². The van der Waals surface area contributed by atoms with Crippen molar-refractivity contribution in [1.29, 1.82) is 0 Å². The van der Waals surface area contributed by atoms with Crippen LogP contribution in [0.25, 0.3) is 11.1 Å². The molecule has 0 aliphatic carbocycles. The molecule has 0 amide bonds. The Bertz CT molecular complexity index is 599. The van der Waals surface area contributed by atoms with Crippen molar-refractivity contribution in [3.8, 4) is 11.1 Å². The van der Waals surface area contributed by atoms with Gasteiger partial charge in [0.2, 0.25) is 0 Å². The number of benzene rings is 1. The molecule has 1 aromatic carbocycles. The van der Waals surface area contributed by atoms with Crippen LogP contribution in [-0.2, 0) is 7.05 Å². The highest BCUT2D eigenvalue weighted by molar-refractivity contribution is 9.10. The van der Waals surface area contributed by atoms with Gasteiger partial charge in [0.15, 0.2) is 0 Å². The Balaban J connectivity index is 1.97. The molecule has 3 rings (SSSR count). The zero-order valence-corrected chi connectivity index (χ0v) is 12.5. The van der Waals surface area contributed by atoms with Crippen LogP contribution in [0.2, 0.25) is 0 Å². The number of aryl methyl sites for hydroxylation is 1. The van der Waals surface area contributed by atoms with E-state index in [0.717, 1.165) is 28.7 Å². The first-order chi connectivity index (χ1) is 9.16. The number of hydrogen-bond donors (Lipinski definition) is 1. The third-order valence-electron chi connectivity index (χ3n) is 3.69. The molecular weight excluding hydrogens is 304 g/mol. The SMILES string of the molecule is Cn1ncc(-c2ccc(N3CCCC3)c(Br)c2)c1N. The van der Waals surface area contributed by atoms with Gasteiger partial charge in [-0.05, 0) is 46.5 Å². The molecule has 0 atom stereocenters. The molecule has 1 aliphatic heterocycles. The van der Waals surface area contributed by atoms with Gasteiger partial charge >= 0.3 is 0 Å². The molecular formula is C14H17BrN4. The van der Waals surface area contributed by atoms with Crippen molar-refractivity contribution >= 4 is 27.4 Å². The molecule has 100 valence electrons. The van der Waals surface area contributed by atoms with E-state index >= 15 is 0 Å². The number of anilines is 2. The van der Waals surface area contributed by atoms with Crippen LogP contribution in [0.4, 0.5) is 11.5 Å². The minimum Gasteiger partial charge on any atom is -0.383 e. The van der Waals surface area contributed by atoms with Gasteiger partial charge in [0.25, 0.3) is 0 Å². The predicted octanol–water partition coefficient (Wildman–Crippen LogP) is 3.03. The van der Waals surface area contributed by atoms with Crippen LogP contribution in [0.5, 0.6) is 0 Å². The molecule has 2 heterocycles. The van der Waals surface area contributed by atoms with Crippen molar-refractivity contribution in [1.82, 2.24) is 9.78 Å². The maximum atomic E-state index is 6.02. The van der Waals surface area contributed by atoms with Crippen molar-refractivity contribution in [3.63, 3.8) is 0 Å². The molecule has 0 bridgehead atoms. The van der Waals surface area contributed by atoms with Crippen molar-refractivity contribution < 1.29 is 0 Å². The normalized spacial score (nSPS) is 15.2. The van der Waals surface area contributed by atoms with E-state index in [1.807, 2.05) is 13.2 Å². The summed E-state index contributed by atoms with van der Waals surface area (Å²) in [5, 5.41) is 4.19. The molecule has 4 nitrogen and oxygen atoms in total. The predicted molar refractivity (Wildman–Crippen MR) is 82.2 cm³/mol. The molecule has 5 heteroatoms. The van der Waals surface area contributed by atoms with Gasteiger partial charge in [-0.3, -0.25) is 4.68 Å². The summed E-state index contributed by atoms with van der Waals surface area (Å²) in [6.07, 6.45) is 4.38. The third-order valence-corrected chi connectivity index (χ3v) is 4.33. The number of hydrogen-bond acceptors (Lipinski definition) is 3. The fourth-order valence-electron chi connectivity index (χ4n) is 2.56. The van der Waals surface area contributed by atoms with Crippen LogP contribution in [0, 0.1) is 0 Å². The summed E-state index contributed by atoms with van der Waals surface area (Å²) in [5.74, 6) is 0.695. The summed E-state index contributed by atoms with van der Waals surface area (Å²) in [6.45, 7) is 2.29. The van der Waals surface area contributed by atoms with Crippen LogP contribution in [0.15, 0.2) is 28.9 Å². The van der Waals surface area contributed by atoms with Crippen molar-refractivity contribution in [2.75, 3.05) is 23.7 Å². The maximum absolute atomic E-state index is 6.02.